The molecule has 2 aromatic rings. The van der Waals surface area contributed by atoms with Crippen molar-refractivity contribution in [3.8, 4) is 17.6 Å². The Bertz CT molecular complexity index is 578. The second kappa shape index (κ2) is 5.30. The van der Waals surface area contributed by atoms with Crippen LogP contribution in [0.4, 0.5) is 4.39 Å². The maximum absolute atomic E-state index is 14.0. The number of nitriles is 1. The molecule has 0 aliphatic rings. The standard InChI is InChI=1S/C14H10FNO2/c15-14-11(12(17)9-16)7-4-8-13(14)18-10-5-2-1-3-6-10/h1-8,12,17H. The van der Waals surface area contributed by atoms with Crippen LogP contribution in [0.3, 0.4) is 0 Å². The van der Waals surface area contributed by atoms with Gasteiger partial charge < -0.3 is 9.84 Å². The number of ether oxygens (including phenoxy) is 1. The zero-order valence-corrected chi connectivity index (χ0v) is 9.38. The van der Waals surface area contributed by atoms with Gasteiger partial charge in [0.05, 0.1) is 6.07 Å². The van der Waals surface area contributed by atoms with E-state index in [9.17, 15) is 9.50 Å². The Kier molecular flexibility index (Phi) is 3.56. The Balaban J connectivity index is 2.33. The first-order valence-corrected chi connectivity index (χ1v) is 5.31. The fourth-order valence-electron chi connectivity index (χ4n) is 1.50. The van der Waals surface area contributed by atoms with E-state index in [0.717, 1.165) is 0 Å². The molecule has 0 aliphatic heterocycles. The van der Waals surface area contributed by atoms with Crippen molar-refractivity contribution in [2.24, 2.45) is 0 Å². The van der Waals surface area contributed by atoms with Crippen LogP contribution in [0.1, 0.15) is 11.7 Å². The lowest BCUT2D eigenvalue weighted by molar-refractivity contribution is 0.229. The van der Waals surface area contributed by atoms with Crippen molar-refractivity contribution in [1.29, 1.82) is 5.26 Å². The number of halogens is 1. The number of hydrogen-bond donors (Lipinski definition) is 1. The fraction of sp³-hybridized carbons (Fsp3) is 0.0714. The maximum Gasteiger partial charge on any atom is 0.172 e. The van der Waals surface area contributed by atoms with E-state index in [0.29, 0.717) is 5.75 Å². The highest BCUT2D eigenvalue weighted by Gasteiger charge is 2.16. The first kappa shape index (κ1) is 12.1. The minimum Gasteiger partial charge on any atom is -0.454 e. The first-order valence-electron chi connectivity index (χ1n) is 5.31. The van der Waals surface area contributed by atoms with E-state index >= 15 is 0 Å². The molecule has 0 aliphatic carbocycles. The van der Waals surface area contributed by atoms with Crippen molar-refractivity contribution in [2.45, 2.75) is 6.10 Å². The summed E-state index contributed by atoms with van der Waals surface area (Å²) in [4.78, 5) is 0. The van der Waals surface area contributed by atoms with Gasteiger partial charge in [0.1, 0.15) is 5.75 Å². The molecule has 0 fully saturated rings. The Morgan fingerprint density at radius 3 is 2.50 bits per heavy atom. The van der Waals surface area contributed by atoms with Crippen LogP contribution >= 0.6 is 0 Å². The van der Waals surface area contributed by atoms with E-state index in [1.165, 1.54) is 18.2 Å². The Morgan fingerprint density at radius 1 is 1.11 bits per heavy atom. The van der Waals surface area contributed by atoms with Crippen LogP contribution in [0.25, 0.3) is 0 Å². The molecule has 0 spiro atoms. The van der Waals surface area contributed by atoms with E-state index in [-0.39, 0.29) is 11.3 Å². The van der Waals surface area contributed by atoms with E-state index in [1.54, 1.807) is 30.3 Å². The van der Waals surface area contributed by atoms with Gasteiger partial charge in [0.2, 0.25) is 0 Å². The summed E-state index contributed by atoms with van der Waals surface area (Å²) in [5.41, 5.74) is -0.0917. The van der Waals surface area contributed by atoms with Crippen molar-refractivity contribution < 1.29 is 14.2 Å². The Morgan fingerprint density at radius 2 is 1.83 bits per heavy atom. The molecule has 0 radical (unpaired) electrons. The highest BCUT2D eigenvalue weighted by Crippen LogP contribution is 2.28. The zero-order valence-electron chi connectivity index (χ0n) is 9.38. The van der Waals surface area contributed by atoms with E-state index < -0.39 is 11.9 Å². The van der Waals surface area contributed by atoms with Crippen molar-refractivity contribution in [2.75, 3.05) is 0 Å². The third kappa shape index (κ3) is 2.47. The molecule has 0 saturated heterocycles. The van der Waals surface area contributed by atoms with Crippen molar-refractivity contribution in [3.63, 3.8) is 0 Å². The molecule has 1 unspecified atom stereocenters. The summed E-state index contributed by atoms with van der Waals surface area (Å²) in [6, 6.07) is 14.6. The number of aliphatic hydroxyl groups is 1. The van der Waals surface area contributed by atoms with Gasteiger partial charge >= 0.3 is 0 Å². The largest absolute Gasteiger partial charge is 0.454 e. The number of para-hydroxylation sites is 1. The third-order valence-electron chi connectivity index (χ3n) is 2.38. The predicted octanol–water partition coefficient (Wildman–Crippen LogP) is 3.17. The van der Waals surface area contributed by atoms with Gasteiger partial charge in [-0.05, 0) is 18.2 Å². The first-order chi connectivity index (χ1) is 8.72. The monoisotopic (exact) mass is 243 g/mol. The molecule has 1 atom stereocenters. The molecule has 3 nitrogen and oxygen atoms in total. The molecule has 18 heavy (non-hydrogen) atoms. The average molecular weight is 243 g/mol. The van der Waals surface area contributed by atoms with Gasteiger partial charge in [0.25, 0.3) is 0 Å². The van der Waals surface area contributed by atoms with Gasteiger partial charge in [0, 0.05) is 5.56 Å². The number of rotatable bonds is 3. The second-order valence-electron chi connectivity index (χ2n) is 3.61. The SMILES string of the molecule is N#CC(O)c1cccc(Oc2ccccc2)c1F. The van der Waals surface area contributed by atoms with E-state index in [1.807, 2.05) is 6.07 Å². The van der Waals surface area contributed by atoms with Crippen LogP contribution < -0.4 is 4.74 Å². The third-order valence-corrected chi connectivity index (χ3v) is 2.38. The van der Waals surface area contributed by atoms with Gasteiger partial charge in [0.15, 0.2) is 17.7 Å². The normalized spacial score (nSPS) is 11.6. The smallest absolute Gasteiger partial charge is 0.172 e. The van der Waals surface area contributed by atoms with Crippen molar-refractivity contribution >= 4 is 0 Å². The predicted molar refractivity (Wildman–Crippen MR) is 63.5 cm³/mol. The summed E-state index contributed by atoms with van der Waals surface area (Å²) in [6.07, 6.45) is -1.50. The maximum atomic E-state index is 14.0. The molecule has 90 valence electrons. The van der Waals surface area contributed by atoms with Gasteiger partial charge in [-0.1, -0.05) is 30.3 Å². The van der Waals surface area contributed by atoms with Crippen molar-refractivity contribution in [3.05, 3.63) is 59.9 Å². The highest BCUT2D eigenvalue weighted by molar-refractivity contribution is 5.37. The quantitative estimate of drug-likeness (QED) is 0.842. The van der Waals surface area contributed by atoms with Crippen LogP contribution in [-0.4, -0.2) is 5.11 Å². The average Bonchev–Trinajstić information content (AvgIpc) is 2.41. The van der Waals surface area contributed by atoms with Gasteiger partial charge in [-0.2, -0.15) is 5.26 Å². The number of nitrogens with zero attached hydrogens (tertiary/aromatic N) is 1. The van der Waals surface area contributed by atoms with E-state index in [2.05, 4.69) is 0 Å². The minimum atomic E-state index is -1.50. The van der Waals surface area contributed by atoms with Crippen LogP contribution in [0.2, 0.25) is 0 Å². The molecular weight excluding hydrogens is 233 g/mol. The van der Waals surface area contributed by atoms with Gasteiger partial charge in [-0.3, -0.25) is 0 Å². The van der Waals surface area contributed by atoms with Gasteiger partial charge in [-0.15, -0.1) is 0 Å². The molecule has 1 N–H and O–H groups in total. The molecule has 0 aromatic heterocycles. The summed E-state index contributed by atoms with van der Waals surface area (Å²) in [5.74, 6) is -0.261. The lowest BCUT2D eigenvalue weighted by Gasteiger charge is -2.10. The van der Waals surface area contributed by atoms with Crippen molar-refractivity contribution in [1.82, 2.24) is 0 Å². The summed E-state index contributed by atoms with van der Waals surface area (Å²) < 4.78 is 19.3. The number of aliphatic hydroxyl groups excluding tert-OH is 1. The summed E-state index contributed by atoms with van der Waals surface area (Å²) in [7, 11) is 0. The number of hydrogen-bond acceptors (Lipinski definition) is 3. The molecule has 0 bridgehead atoms. The Hall–Kier alpha value is -2.38. The van der Waals surface area contributed by atoms with Crippen LogP contribution in [0.5, 0.6) is 11.5 Å². The van der Waals surface area contributed by atoms with Crippen LogP contribution in [0, 0.1) is 17.1 Å². The molecule has 0 heterocycles. The molecular formula is C14H10FNO2. The lowest BCUT2D eigenvalue weighted by Crippen LogP contribution is -1.99. The fourth-order valence-corrected chi connectivity index (χ4v) is 1.50. The molecule has 2 rings (SSSR count). The zero-order chi connectivity index (χ0) is 13.0. The summed E-state index contributed by atoms with van der Waals surface area (Å²) >= 11 is 0. The van der Waals surface area contributed by atoms with Crippen LogP contribution in [0.15, 0.2) is 48.5 Å². The summed E-state index contributed by atoms with van der Waals surface area (Å²) in [6.45, 7) is 0. The minimum absolute atomic E-state index is 0.0204. The summed E-state index contributed by atoms with van der Waals surface area (Å²) in [5, 5.41) is 17.9. The lowest BCUT2D eigenvalue weighted by atomic mass is 10.1. The highest BCUT2D eigenvalue weighted by atomic mass is 19.1. The second-order valence-corrected chi connectivity index (χ2v) is 3.61. The molecule has 0 saturated carbocycles. The van der Waals surface area contributed by atoms with Gasteiger partial charge in [-0.25, -0.2) is 4.39 Å². The van der Waals surface area contributed by atoms with E-state index in [4.69, 9.17) is 10.00 Å². The molecule has 4 heteroatoms. The molecule has 2 aromatic carbocycles. The van der Waals surface area contributed by atoms with Crippen LogP contribution in [-0.2, 0) is 0 Å². The molecule has 0 amide bonds. The topological polar surface area (TPSA) is 53.2 Å². The number of benzene rings is 2. The Labute approximate surface area is 104 Å².